The Morgan fingerprint density at radius 3 is 2.30 bits per heavy atom. The second kappa shape index (κ2) is 9.59. The number of carbonyl (C=O) groups excluding carboxylic acids is 1. The van der Waals surface area contributed by atoms with Crippen molar-refractivity contribution in [1.29, 1.82) is 0 Å². The van der Waals surface area contributed by atoms with E-state index in [1.165, 1.54) is 12.7 Å². The molecule has 2 atom stereocenters. The van der Waals surface area contributed by atoms with Gasteiger partial charge in [-0.05, 0) is 28.8 Å². The van der Waals surface area contributed by atoms with Crippen molar-refractivity contribution in [3.8, 4) is 5.75 Å². The largest absolute Gasteiger partial charge is 0.489 e. The highest BCUT2D eigenvalue weighted by Gasteiger charge is 2.39. The molecular weight excluding hydrogens is 374 g/mol. The summed E-state index contributed by atoms with van der Waals surface area (Å²) in [5.41, 5.74) is 3.50. The van der Waals surface area contributed by atoms with E-state index in [4.69, 9.17) is 9.47 Å². The maximum Gasteiger partial charge on any atom is 0.310 e. The predicted octanol–water partition coefficient (Wildman–Crippen LogP) is 4.65. The lowest BCUT2D eigenvalue weighted by Crippen LogP contribution is -2.24. The molecule has 0 aromatic heterocycles. The molecular formula is C26H27NO3. The standard InChI is InChI=1S/C26H27NO3/c1-29-26(28)25-18-27(16-20-9-4-2-5-10-20)17-24(25)22-13-8-14-23(15-22)30-19-21-11-6-3-7-12-21/h2-15,24-25H,16-19H2,1H3/t24-,25-/m0/s1. The van der Waals surface area contributed by atoms with Crippen LogP contribution in [-0.2, 0) is 22.7 Å². The molecule has 0 N–H and O–H groups in total. The molecule has 1 saturated heterocycles. The van der Waals surface area contributed by atoms with Crippen LogP contribution in [0.25, 0.3) is 0 Å². The lowest BCUT2D eigenvalue weighted by atomic mass is 9.89. The molecule has 0 bridgehead atoms. The highest BCUT2D eigenvalue weighted by molar-refractivity contribution is 5.74. The van der Waals surface area contributed by atoms with Gasteiger partial charge in [-0.25, -0.2) is 0 Å². The van der Waals surface area contributed by atoms with Crippen LogP contribution in [0.2, 0.25) is 0 Å². The first-order valence-corrected chi connectivity index (χ1v) is 10.3. The Morgan fingerprint density at radius 2 is 1.60 bits per heavy atom. The van der Waals surface area contributed by atoms with Gasteiger partial charge < -0.3 is 9.47 Å². The molecule has 1 aliphatic heterocycles. The first-order valence-electron chi connectivity index (χ1n) is 10.3. The summed E-state index contributed by atoms with van der Waals surface area (Å²) in [5, 5.41) is 0. The summed E-state index contributed by atoms with van der Waals surface area (Å²) in [5.74, 6) is 0.581. The minimum Gasteiger partial charge on any atom is -0.489 e. The van der Waals surface area contributed by atoms with Gasteiger partial charge >= 0.3 is 5.97 Å². The highest BCUT2D eigenvalue weighted by Crippen LogP contribution is 2.35. The van der Waals surface area contributed by atoms with Gasteiger partial charge in [-0.1, -0.05) is 72.8 Å². The van der Waals surface area contributed by atoms with E-state index < -0.39 is 0 Å². The van der Waals surface area contributed by atoms with Crippen molar-refractivity contribution >= 4 is 5.97 Å². The lowest BCUT2D eigenvalue weighted by Gasteiger charge is -2.18. The number of carbonyl (C=O) groups is 1. The molecule has 1 heterocycles. The van der Waals surface area contributed by atoms with Crippen LogP contribution in [0.15, 0.2) is 84.9 Å². The Balaban J connectivity index is 1.49. The second-order valence-corrected chi connectivity index (χ2v) is 7.76. The third-order valence-corrected chi connectivity index (χ3v) is 5.68. The van der Waals surface area contributed by atoms with E-state index in [9.17, 15) is 4.79 Å². The number of rotatable bonds is 7. The summed E-state index contributed by atoms with van der Waals surface area (Å²) in [7, 11) is 1.47. The zero-order valence-corrected chi connectivity index (χ0v) is 17.2. The minimum atomic E-state index is -0.178. The van der Waals surface area contributed by atoms with Crippen LogP contribution < -0.4 is 4.74 Å². The van der Waals surface area contributed by atoms with Crippen molar-refractivity contribution in [3.63, 3.8) is 0 Å². The number of likely N-dealkylation sites (tertiary alicyclic amines) is 1. The zero-order chi connectivity index (χ0) is 20.8. The molecule has 4 nitrogen and oxygen atoms in total. The Kier molecular flexibility index (Phi) is 6.45. The third-order valence-electron chi connectivity index (χ3n) is 5.68. The van der Waals surface area contributed by atoms with Gasteiger partial charge in [0.15, 0.2) is 0 Å². The minimum absolute atomic E-state index is 0.0847. The van der Waals surface area contributed by atoms with Gasteiger partial charge in [0.25, 0.3) is 0 Å². The maximum absolute atomic E-state index is 12.5. The Bertz CT molecular complexity index is 958. The normalized spacial score (nSPS) is 18.8. The van der Waals surface area contributed by atoms with E-state index in [-0.39, 0.29) is 17.8 Å². The number of nitrogens with zero attached hydrogens (tertiary/aromatic N) is 1. The number of ether oxygens (including phenoxy) is 2. The smallest absolute Gasteiger partial charge is 0.310 e. The summed E-state index contributed by atoms with van der Waals surface area (Å²) in [6, 6.07) is 28.6. The molecule has 0 radical (unpaired) electrons. The van der Waals surface area contributed by atoms with Crippen molar-refractivity contribution < 1.29 is 14.3 Å². The number of benzene rings is 3. The van der Waals surface area contributed by atoms with Crippen LogP contribution in [0, 0.1) is 5.92 Å². The molecule has 1 fully saturated rings. The average molecular weight is 402 g/mol. The van der Waals surface area contributed by atoms with E-state index in [1.54, 1.807) is 0 Å². The van der Waals surface area contributed by atoms with E-state index in [0.29, 0.717) is 13.2 Å². The second-order valence-electron chi connectivity index (χ2n) is 7.76. The van der Waals surface area contributed by atoms with Crippen LogP contribution >= 0.6 is 0 Å². The number of hydrogen-bond donors (Lipinski definition) is 0. The van der Waals surface area contributed by atoms with Gasteiger partial charge in [0.2, 0.25) is 0 Å². The summed E-state index contributed by atoms with van der Waals surface area (Å²) >= 11 is 0. The van der Waals surface area contributed by atoms with Gasteiger partial charge in [-0.3, -0.25) is 9.69 Å². The zero-order valence-electron chi connectivity index (χ0n) is 17.2. The van der Waals surface area contributed by atoms with Crippen LogP contribution in [0.5, 0.6) is 5.75 Å². The first-order chi connectivity index (χ1) is 14.7. The monoisotopic (exact) mass is 401 g/mol. The number of hydrogen-bond acceptors (Lipinski definition) is 4. The van der Waals surface area contributed by atoms with E-state index in [2.05, 4.69) is 41.3 Å². The average Bonchev–Trinajstić information content (AvgIpc) is 3.22. The molecule has 0 amide bonds. The lowest BCUT2D eigenvalue weighted by molar-refractivity contribution is -0.145. The molecule has 3 aromatic carbocycles. The summed E-state index contributed by atoms with van der Waals surface area (Å²) in [4.78, 5) is 14.8. The summed E-state index contributed by atoms with van der Waals surface area (Å²) < 4.78 is 11.1. The molecule has 4 rings (SSSR count). The quantitative estimate of drug-likeness (QED) is 0.540. The van der Waals surface area contributed by atoms with Crippen molar-refractivity contribution in [2.45, 2.75) is 19.1 Å². The van der Waals surface area contributed by atoms with Gasteiger partial charge in [0.05, 0.1) is 13.0 Å². The van der Waals surface area contributed by atoms with Crippen molar-refractivity contribution in [3.05, 3.63) is 102 Å². The van der Waals surface area contributed by atoms with Crippen molar-refractivity contribution in [2.75, 3.05) is 20.2 Å². The third kappa shape index (κ3) is 4.89. The van der Waals surface area contributed by atoms with Gasteiger partial charge in [-0.2, -0.15) is 0 Å². The number of methoxy groups -OCH3 is 1. The van der Waals surface area contributed by atoms with E-state index in [0.717, 1.165) is 30.0 Å². The molecule has 154 valence electrons. The topological polar surface area (TPSA) is 38.8 Å². The fraction of sp³-hybridized carbons (Fsp3) is 0.269. The van der Waals surface area contributed by atoms with E-state index in [1.807, 2.05) is 48.5 Å². The number of esters is 1. The van der Waals surface area contributed by atoms with Crippen LogP contribution in [0.3, 0.4) is 0 Å². The molecule has 0 spiro atoms. The highest BCUT2D eigenvalue weighted by atomic mass is 16.5. The Hall–Kier alpha value is -3.11. The molecule has 3 aromatic rings. The van der Waals surface area contributed by atoms with Crippen LogP contribution in [0.4, 0.5) is 0 Å². The van der Waals surface area contributed by atoms with Crippen molar-refractivity contribution in [2.24, 2.45) is 5.92 Å². The van der Waals surface area contributed by atoms with Gasteiger partial charge in [-0.15, -0.1) is 0 Å². The van der Waals surface area contributed by atoms with Crippen LogP contribution in [-0.4, -0.2) is 31.1 Å². The van der Waals surface area contributed by atoms with Gasteiger partial charge in [0.1, 0.15) is 12.4 Å². The molecule has 1 aliphatic rings. The predicted molar refractivity (Wildman–Crippen MR) is 117 cm³/mol. The molecule has 4 heteroatoms. The molecule has 0 aliphatic carbocycles. The van der Waals surface area contributed by atoms with E-state index >= 15 is 0 Å². The van der Waals surface area contributed by atoms with Crippen LogP contribution in [0.1, 0.15) is 22.6 Å². The van der Waals surface area contributed by atoms with Gasteiger partial charge in [0, 0.05) is 25.6 Å². The molecule has 0 unspecified atom stereocenters. The first kappa shape index (κ1) is 20.2. The fourth-order valence-corrected chi connectivity index (χ4v) is 4.16. The van der Waals surface area contributed by atoms with Crippen molar-refractivity contribution in [1.82, 2.24) is 4.90 Å². The fourth-order valence-electron chi connectivity index (χ4n) is 4.16. The molecule has 0 saturated carbocycles. The summed E-state index contributed by atoms with van der Waals surface area (Å²) in [6.07, 6.45) is 0. The Morgan fingerprint density at radius 1 is 0.900 bits per heavy atom. The maximum atomic E-state index is 12.5. The SMILES string of the molecule is COC(=O)[C@H]1CN(Cc2ccccc2)C[C@H]1c1cccc(OCc2ccccc2)c1. The Labute approximate surface area is 178 Å². The molecule has 30 heavy (non-hydrogen) atoms. The summed E-state index contributed by atoms with van der Waals surface area (Å²) in [6.45, 7) is 2.86.